The van der Waals surface area contributed by atoms with E-state index in [4.69, 9.17) is 5.11 Å². The Morgan fingerprint density at radius 1 is 1.50 bits per heavy atom. The number of benzene rings is 1. The quantitative estimate of drug-likeness (QED) is 0.628. The fourth-order valence-corrected chi connectivity index (χ4v) is 1.70. The summed E-state index contributed by atoms with van der Waals surface area (Å²) in [6, 6.07) is 3.25. The first-order chi connectivity index (χ1) is 7.47. The molecule has 0 bridgehead atoms. The molecular formula is C10H8FNO4. The molecule has 0 aliphatic heterocycles. The second-order valence-corrected chi connectivity index (χ2v) is 3.81. The number of carboxylic acid groups (broad SMARTS) is 1. The van der Waals surface area contributed by atoms with Crippen molar-refractivity contribution in [2.75, 3.05) is 0 Å². The van der Waals surface area contributed by atoms with Crippen LogP contribution >= 0.6 is 0 Å². The van der Waals surface area contributed by atoms with E-state index in [1.807, 2.05) is 0 Å². The number of nitro groups is 1. The van der Waals surface area contributed by atoms with E-state index in [1.165, 1.54) is 6.07 Å². The molecule has 0 unspecified atom stereocenters. The van der Waals surface area contributed by atoms with Crippen LogP contribution < -0.4 is 0 Å². The smallest absolute Gasteiger partial charge is 0.314 e. The summed E-state index contributed by atoms with van der Waals surface area (Å²) in [7, 11) is 0. The lowest BCUT2D eigenvalue weighted by Crippen LogP contribution is -2.19. The minimum absolute atomic E-state index is 0.299. The lowest BCUT2D eigenvalue weighted by atomic mass is 9.96. The van der Waals surface area contributed by atoms with E-state index in [0.717, 1.165) is 12.1 Å². The summed E-state index contributed by atoms with van der Waals surface area (Å²) in [6.07, 6.45) is 0.871. The average Bonchev–Trinajstić information content (AvgIpc) is 2.98. The molecule has 0 spiro atoms. The topological polar surface area (TPSA) is 80.4 Å². The number of nitro benzene ring substituents is 1. The van der Waals surface area contributed by atoms with E-state index in [9.17, 15) is 19.3 Å². The molecule has 0 radical (unpaired) electrons. The summed E-state index contributed by atoms with van der Waals surface area (Å²) in [4.78, 5) is 20.6. The van der Waals surface area contributed by atoms with E-state index >= 15 is 0 Å². The molecule has 1 saturated carbocycles. The zero-order chi connectivity index (χ0) is 11.9. The van der Waals surface area contributed by atoms with Gasteiger partial charge < -0.3 is 5.11 Å². The fraction of sp³-hybridized carbons (Fsp3) is 0.300. The SMILES string of the molecule is O=C(O)C1(c2ccc(F)c([N+](=O)[O-])c2)CC1. The maximum atomic E-state index is 13.0. The minimum Gasteiger partial charge on any atom is -0.481 e. The van der Waals surface area contributed by atoms with Crippen LogP contribution in [0.15, 0.2) is 18.2 Å². The maximum Gasteiger partial charge on any atom is 0.314 e. The maximum absolute atomic E-state index is 13.0. The summed E-state index contributed by atoms with van der Waals surface area (Å²) in [5.74, 6) is -1.97. The Hall–Kier alpha value is -1.98. The first-order valence-electron chi connectivity index (χ1n) is 4.65. The molecular weight excluding hydrogens is 217 g/mol. The summed E-state index contributed by atoms with van der Waals surface area (Å²) in [5, 5.41) is 19.5. The lowest BCUT2D eigenvalue weighted by molar-refractivity contribution is -0.387. The van der Waals surface area contributed by atoms with Crippen molar-refractivity contribution in [1.82, 2.24) is 0 Å². The number of carbonyl (C=O) groups is 1. The molecule has 2 rings (SSSR count). The third-order valence-corrected chi connectivity index (χ3v) is 2.85. The van der Waals surface area contributed by atoms with Gasteiger partial charge in [0.05, 0.1) is 10.3 Å². The van der Waals surface area contributed by atoms with Crippen LogP contribution in [0.3, 0.4) is 0 Å². The van der Waals surface area contributed by atoms with Gasteiger partial charge in [-0.1, -0.05) is 6.07 Å². The van der Waals surface area contributed by atoms with Crippen molar-refractivity contribution in [3.63, 3.8) is 0 Å². The Morgan fingerprint density at radius 2 is 2.12 bits per heavy atom. The van der Waals surface area contributed by atoms with Crippen LogP contribution in [-0.2, 0) is 10.2 Å². The Bertz CT molecular complexity index is 482. The van der Waals surface area contributed by atoms with Gasteiger partial charge in [-0.25, -0.2) is 0 Å². The summed E-state index contributed by atoms with van der Waals surface area (Å²) >= 11 is 0. The Balaban J connectivity index is 2.48. The summed E-state index contributed by atoms with van der Waals surface area (Å²) in [6.45, 7) is 0. The van der Waals surface area contributed by atoms with Crippen LogP contribution in [0.5, 0.6) is 0 Å². The van der Waals surface area contributed by atoms with Gasteiger partial charge >= 0.3 is 11.7 Å². The molecule has 84 valence electrons. The van der Waals surface area contributed by atoms with Crippen molar-refractivity contribution in [2.24, 2.45) is 0 Å². The van der Waals surface area contributed by atoms with Crippen LogP contribution in [0, 0.1) is 15.9 Å². The largest absolute Gasteiger partial charge is 0.481 e. The van der Waals surface area contributed by atoms with Crippen molar-refractivity contribution in [3.05, 3.63) is 39.7 Å². The third kappa shape index (κ3) is 1.42. The molecule has 6 heteroatoms. The molecule has 1 aromatic rings. The van der Waals surface area contributed by atoms with Crippen molar-refractivity contribution >= 4 is 11.7 Å². The Kier molecular flexibility index (Phi) is 2.15. The molecule has 5 nitrogen and oxygen atoms in total. The van der Waals surface area contributed by atoms with Gasteiger partial charge in [0.15, 0.2) is 0 Å². The highest BCUT2D eigenvalue weighted by molar-refractivity contribution is 5.85. The fourth-order valence-electron chi connectivity index (χ4n) is 1.70. The van der Waals surface area contributed by atoms with Gasteiger partial charge in [0.2, 0.25) is 5.82 Å². The standard InChI is InChI=1S/C10H8FNO4/c11-7-2-1-6(5-8(7)12(15)16)10(3-4-10)9(13)14/h1-2,5H,3-4H2,(H,13,14). The third-order valence-electron chi connectivity index (χ3n) is 2.85. The van der Waals surface area contributed by atoms with E-state index in [0.29, 0.717) is 18.4 Å². The molecule has 0 amide bonds. The van der Waals surface area contributed by atoms with Gasteiger partial charge in [-0.15, -0.1) is 0 Å². The number of nitrogens with zero attached hydrogens (tertiary/aromatic N) is 1. The van der Waals surface area contributed by atoms with Crippen LogP contribution in [0.4, 0.5) is 10.1 Å². The van der Waals surface area contributed by atoms with E-state index in [-0.39, 0.29) is 0 Å². The second kappa shape index (κ2) is 3.26. The van der Waals surface area contributed by atoms with E-state index in [1.54, 1.807) is 0 Å². The highest BCUT2D eigenvalue weighted by atomic mass is 19.1. The van der Waals surface area contributed by atoms with Crippen molar-refractivity contribution in [1.29, 1.82) is 0 Å². The highest BCUT2D eigenvalue weighted by Crippen LogP contribution is 2.49. The molecule has 1 N–H and O–H groups in total. The number of carboxylic acids is 1. The highest BCUT2D eigenvalue weighted by Gasteiger charge is 2.52. The van der Waals surface area contributed by atoms with Gasteiger partial charge in [0.25, 0.3) is 0 Å². The Labute approximate surface area is 89.7 Å². The predicted molar refractivity (Wildman–Crippen MR) is 51.6 cm³/mol. The van der Waals surface area contributed by atoms with Crippen LogP contribution in [0.2, 0.25) is 0 Å². The Morgan fingerprint density at radius 3 is 2.56 bits per heavy atom. The number of halogens is 1. The summed E-state index contributed by atoms with van der Waals surface area (Å²) in [5.41, 5.74) is -1.42. The van der Waals surface area contributed by atoms with Gasteiger partial charge in [0, 0.05) is 6.07 Å². The molecule has 1 fully saturated rings. The number of hydrogen-bond acceptors (Lipinski definition) is 3. The molecule has 0 heterocycles. The van der Waals surface area contributed by atoms with Gasteiger partial charge in [0.1, 0.15) is 0 Å². The number of rotatable bonds is 3. The first-order valence-corrected chi connectivity index (χ1v) is 4.65. The van der Waals surface area contributed by atoms with Crippen molar-refractivity contribution in [3.8, 4) is 0 Å². The molecule has 1 aromatic carbocycles. The zero-order valence-electron chi connectivity index (χ0n) is 8.14. The van der Waals surface area contributed by atoms with Gasteiger partial charge in [-0.2, -0.15) is 4.39 Å². The van der Waals surface area contributed by atoms with Gasteiger partial charge in [-0.3, -0.25) is 14.9 Å². The van der Waals surface area contributed by atoms with E-state index in [2.05, 4.69) is 0 Å². The monoisotopic (exact) mass is 225 g/mol. The molecule has 1 aliphatic rings. The van der Waals surface area contributed by atoms with E-state index < -0.39 is 27.8 Å². The average molecular weight is 225 g/mol. The minimum atomic E-state index is -1.04. The number of aliphatic carboxylic acids is 1. The predicted octanol–water partition coefficient (Wildman–Crippen LogP) is 1.85. The molecule has 16 heavy (non-hydrogen) atoms. The normalized spacial score (nSPS) is 16.8. The van der Waals surface area contributed by atoms with Crippen molar-refractivity contribution in [2.45, 2.75) is 18.3 Å². The molecule has 1 aliphatic carbocycles. The van der Waals surface area contributed by atoms with Crippen LogP contribution in [0.1, 0.15) is 18.4 Å². The molecule has 0 saturated heterocycles. The number of hydrogen-bond donors (Lipinski definition) is 1. The van der Waals surface area contributed by atoms with Crippen LogP contribution in [0.25, 0.3) is 0 Å². The molecule has 0 aromatic heterocycles. The first kappa shape index (κ1) is 10.5. The second-order valence-electron chi connectivity index (χ2n) is 3.81. The van der Waals surface area contributed by atoms with Crippen LogP contribution in [-0.4, -0.2) is 16.0 Å². The summed E-state index contributed by atoms with van der Waals surface area (Å²) < 4.78 is 13.0. The zero-order valence-corrected chi connectivity index (χ0v) is 8.14. The van der Waals surface area contributed by atoms with Crippen molar-refractivity contribution < 1.29 is 19.2 Å². The molecule has 0 atom stereocenters. The lowest BCUT2D eigenvalue weighted by Gasteiger charge is -2.09. The van der Waals surface area contributed by atoms with Gasteiger partial charge in [-0.05, 0) is 24.5 Å².